The second-order valence-electron chi connectivity index (χ2n) is 1.73. The molecule has 47 valence electrons. The molecule has 8 heavy (non-hydrogen) atoms. The van der Waals surface area contributed by atoms with Gasteiger partial charge in [-0.2, -0.15) is 0 Å². The third-order valence-corrected chi connectivity index (χ3v) is 2.08. The molecule has 0 bridgehead atoms. The first kappa shape index (κ1) is 6.39. The van der Waals surface area contributed by atoms with Gasteiger partial charge in [-0.1, -0.05) is 0 Å². The molecule has 1 rings (SSSR count). The Bertz CT molecular complexity index is 76.8. The highest BCUT2D eigenvalue weighted by molar-refractivity contribution is 8.02. The van der Waals surface area contributed by atoms with Crippen LogP contribution in [0.5, 0.6) is 0 Å². The molecular formula is C5H9O2S. The molecular weight excluding hydrogens is 124 g/mol. The lowest BCUT2D eigenvalue weighted by atomic mass is 10.5. The van der Waals surface area contributed by atoms with Crippen molar-refractivity contribution < 1.29 is 9.84 Å². The predicted octanol–water partition coefficient (Wildman–Crippen LogP) is 0.620. The number of hydrogen-bond acceptors (Lipinski definition) is 3. The topological polar surface area (TPSA) is 29.5 Å². The second kappa shape index (κ2) is 2.71. The summed E-state index contributed by atoms with van der Waals surface area (Å²) in [5, 5.41) is 8.86. The number of aliphatic hydroxyl groups is 1. The highest BCUT2D eigenvalue weighted by Gasteiger charge is 2.22. The molecule has 0 aromatic heterocycles. The highest BCUT2D eigenvalue weighted by atomic mass is 32.2. The van der Waals surface area contributed by atoms with Crippen molar-refractivity contribution >= 4 is 11.8 Å². The van der Waals surface area contributed by atoms with Crippen LogP contribution in [-0.4, -0.2) is 23.6 Å². The van der Waals surface area contributed by atoms with Gasteiger partial charge >= 0.3 is 0 Å². The number of rotatable bonds is 1. The molecule has 0 aromatic rings. The van der Waals surface area contributed by atoms with Crippen LogP contribution in [0.4, 0.5) is 0 Å². The summed E-state index contributed by atoms with van der Waals surface area (Å²) < 4.78 is 5.08. The Morgan fingerprint density at radius 1 is 2.00 bits per heavy atom. The van der Waals surface area contributed by atoms with Crippen molar-refractivity contribution in [1.82, 2.24) is 0 Å². The first-order chi connectivity index (χ1) is 3.83. The standard InChI is InChI=1S/C5H9O2S/c1-4-7-3-5(2-6)8-4/h5-6H,2-3H2,1H3. The van der Waals surface area contributed by atoms with Crippen molar-refractivity contribution in [3.05, 3.63) is 5.44 Å². The quantitative estimate of drug-likeness (QED) is 0.568. The van der Waals surface area contributed by atoms with Crippen molar-refractivity contribution in [2.24, 2.45) is 0 Å². The van der Waals surface area contributed by atoms with E-state index < -0.39 is 0 Å². The number of hydrogen-bond donors (Lipinski definition) is 1. The zero-order valence-corrected chi connectivity index (χ0v) is 5.57. The molecule has 1 fully saturated rings. The van der Waals surface area contributed by atoms with Crippen molar-refractivity contribution in [1.29, 1.82) is 0 Å². The Labute approximate surface area is 53.2 Å². The average Bonchev–Trinajstić information content (AvgIpc) is 2.14. The molecule has 1 N–H and O–H groups in total. The third kappa shape index (κ3) is 1.37. The minimum Gasteiger partial charge on any atom is -0.395 e. The molecule has 0 aromatic carbocycles. The minimum atomic E-state index is 0.224. The molecule has 1 aliphatic rings. The lowest BCUT2D eigenvalue weighted by molar-refractivity contribution is 0.185. The van der Waals surface area contributed by atoms with Crippen LogP contribution in [0.3, 0.4) is 0 Å². The van der Waals surface area contributed by atoms with Crippen LogP contribution < -0.4 is 0 Å². The van der Waals surface area contributed by atoms with E-state index in [0.29, 0.717) is 6.61 Å². The first-order valence-electron chi connectivity index (χ1n) is 2.57. The Morgan fingerprint density at radius 2 is 2.75 bits per heavy atom. The molecule has 1 heterocycles. The molecule has 1 radical (unpaired) electrons. The summed E-state index contributed by atoms with van der Waals surface area (Å²) in [7, 11) is 0. The fourth-order valence-corrected chi connectivity index (χ4v) is 1.42. The highest BCUT2D eigenvalue weighted by Crippen LogP contribution is 2.32. The van der Waals surface area contributed by atoms with Gasteiger partial charge in [0.05, 0.1) is 18.5 Å². The fraction of sp³-hybridized carbons (Fsp3) is 0.800. The van der Waals surface area contributed by atoms with E-state index in [-0.39, 0.29) is 11.9 Å². The molecule has 0 amide bonds. The van der Waals surface area contributed by atoms with E-state index in [9.17, 15) is 0 Å². The molecule has 1 atom stereocenters. The fourth-order valence-electron chi connectivity index (χ4n) is 0.603. The maximum Gasteiger partial charge on any atom is 0.149 e. The van der Waals surface area contributed by atoms with Crippen LogP contribution in [0.15, 0.2) is 0 Å². The van der Waals surface area contributed by atoms with Gasteiger partial charge in [0.1, 0.15) is 5.44 Å². The molecule has 1 aliphatic heterocycles. The largest absolute Gasteiger partial charge is 0.395 e. The van der Waals surface area contributed by atoms with Crippen LogP contribution in [0.2, 0.25) is 0 Å². The van der Waals surface area contributed by atoms with Crippen LogP contribution >= 0.6 is 11.8 Å². The summed E-state index contributed by atoms with van der Waals surface area (Å²) in [4.78, 5) is 0. The van der Waals surface area contributed by atoms with Crippen molar-refractivity contribution in [3.63, 3.8) is 0 Å². The molecule has 2 nitrogen and oxygen atoms in total. The van der Waals surface area contributed by atoms with E-state index in [2.05, 4.69) is 0 Å². The van der Waals surface area contributed by atoms with E-state index in [1.54, 1.807) is 11.8 Å². The van der Waals surface area contributed by atoms with E-state index >= 15 is 0 Å². The molecule has 1 saturated heterocycles. The van der Waals surface area contributed by atoms with Gasteiger partial charge in [0.2, 0.25) is 0 Å². The van der Waals surface area contributed by atoms with Gasteiger partial charge in [-0.05, 0) is 6.92 Å². The second-order valence-corrected chi connectivity index (χ2v) is 3.20. The van der Waals surface area contributed by atoms with Gasteiger partial charge < -0.3 is 9.84 Å². The smallest absolute Gasteiger partial charge is 0.149 e. The Morgan fingerprint density at radius 3 is 3.00 bits per heavy atom. The lowest BCUT2D eigenvalue weighted by Gasteiger charge is -1.97. The lowest BCUT2D eigenvalue weighted by Crippen LogP contribution is -2.07. The van der Waals surface area contributed by atoms with Crippen molar-refractivity contribution in [2.75, 3.05) is 13.2 Å². The Hall–Kier alpha value is 0.270. The predicted molar refractivity (Wildman–Crippen MR) is 33.3 cm³/mol. The van der Waals surface area contributed by atoms with Gasteiger partial charge in [-0.3, -0.25) is 0 Å². The van der Waals surface area contributed by atoms with Crippen LogP contribution in [-0.2, 0) is 4.74 Å². The maximum atomic E-state index is 8.57. The summed E-state index contributed by atoms with van der Waals surface area (Å²) in [5.74, 6) is 0. The first-order valence-corrected chi connectivity index (χ1v) is 3.45. The minimum absolute atomic E-state index is 0.224. The van der Waals surface area contributed by atoms with Gasteiger partial charge in [-0.15, -0.1) is 11.8 Å². The molecule has 0 spiro atoms. The molecule has 0 saturated carbocycles. The summed E-state index contributed by atoms with van der Waals surface area (Å²) >= 11 is 1.61. The molecule has 3 heteroatoms. The third-order valence-electron chi connectivity index (χ3n) is 1.01. The normalized spacial score (nSPS) is 31.5. The summed E-state index contributed by atoms with van der Waals surface area (Å²) in [6.07, 6.45) is 0. The Kier molecular flexibility index (Phi) is 2.16. The van der Waals surface area contributed by atoms with E-state index in [1.807, 2.05) is 6.92 Å². The summed E-state index contributed by atoms with van der Waals surface area (Å²) in [6.45, 7) is 2.81. The van der Waals surface area contributed by atoms with Crippen molar-refractivity contribution in [3.8, 4) is 0 Å². The Balaban J connectivity index is 2.22. The number of ether oxygens (including phenoxy) is 1. The van der Waals surface area contributed by atoms with Gasteiger partial charge in [0.15, 0.2) is 0 Å². The van der Waals surface area contributed by atoms with Gasteiger partial charge in [0.25, 0.3) is 0 Å². The van der Waals surface area contributed by atoms with E-state index in [4.69, 9.17) is 9.84 Å². The van der Waals surface area contributed by atoms with Crippen LogP contribution in [0.1, 0.15) is 6.92 Å². The van der Waals surface area contributed by atoms with E-state index in [0.717, 1.165) is 5.44 Å². The van der Waals surface area contributed by atoms with Crippen molar-refractivity contribution in [2.45, 2.75) is 12.2 Å². The summed E-state index contributed by atoms with van der Waals surface area (Å²) in [6, 6.07) is 0. The zero-order chi connectivity index (χ0) is 5.98. The van der Waals surface area contributed by atoms with Crippen LogP contribution in [0.25, 0.3) is 0 Å². The van der Waals surface area contributed by atoms with Gasteiger partial charge in [0, 0.05) is 0 Å². The molecule has 1 unspecified atom stereocenters. The monoisotopic (exact) mass is 133 g/mol. The SMILES string of the molecule is C[C]1OCC(CO)S1. The maximum absolute atomic E-state index is 8.57. The van der Waals surface area contributed by atoms with E-state index in [1.165, 1.54) is 0 Å². The summed E-state index contributed by atoms with van der Waals surface area (Å²) in [5.41, 5.74) is 0.976. The van der Waals surface area contributed by atoms with Crippen LogP contribution in [0, 0.1) is 5.44 Å². The molecule has 0 aliphatic carbocycles. The number of thioether (sulfide) groups is 1. The average molecular weight is 133 g/mol. The zero-order valence-electron chi connectivity index (χ0n) is 4.76. The number of aliphatic hydroxyl groups excluding tert-OH is 1. The van der Waals surface area contributed by atoms with Gasteiger partial charge in [-0.25, -0.2) is 0 Å².